The van der Waals surface area contributed by atoms with Crippen LogP contribution in [-0.4, -0.2) is 0 Å². The van der Waals surface area contributed by atoms with Gasteiger partial charge in [-0.2, -0.15) is 0 Å². The van der Waals surface area contributed by atoms with E-state index in [4.69, 9.17) is 5.73 Å². The summed E-state index contributed by atoms with van der Waals surface area (Å²) < 4.78 is 0. The molecule has 2 aromatic rings. The minimum absolute atomic E-state index is 0.559. The van der Waals surface area contributed by atoms with Crippen molar-refractivity contribution in [2.24, 2.45) is 0 Å². The van der Waals surface area contributed by atoms with Crippen LogP contribution < -0.4 is 5.73 Å². The molecule has 0 amide bonds. The second-order valence-corrected chi connectivity index (χ2v) is 4.85. The molecule has 0 aliphatic carbocycles. The van der Waals surface area contributed by atoms with Gasteiger partial charge in [-0.25, -0.2) is 0 Å². The molecule has 1 nitrogen and oxygen atoms in total. The summed E-state index contributed by atoms with van der Waals surface area (Å²) in [7, 11) is 0. The van der Waals surface area contributed by atoms with Gasteiger partial charge in [0.15, 0.2) is 0 Å². The Kier molecular flexibility index (Phi) is 3.19. The maximum atomic E-state index is 5.78. The Balaban J connectivity index is 2.49. The van der Waals surface area contributed by atoms with Crippen molar-refractivity contribution in [2.75, 3.05) is 5.73 Å². The number of aryl methyl sites for hydroxylation is 1. The lowest BCUT2D eigenvalue weighted by atomic mass is 9.95. The standard InChI is InChI=1S/C16H19N/c1-11(2)13-5-4-6-14(10-13)16-8-7-15(17)9-12(16)3/h4-11H,17H2,1-3H3. The van der Waals surface area contributed by atoms with Crippen LogP contribution in [0.1, 0.15) is 30.9 Å². The Morgan fingerprint density at radius 2 is 1.76 bits per heavy atom. The first-order valence-corrected chi connectivity index (χ1v) is 6.04. The molecular formula is C16H19N. The molecule has 0 unspecified atom stereocenters. The van der Waals surface area contributed by atoms with Crippen molar-refractivity contribution in [1.29, 1.82) is 0 Å². The van der Waals surface area contributed by atoms with Crippen LogP contribution in [0.5, 0.6) is 0 Å². The third-order valence-electron chi connectivity index (χ3n) is 3.11. The van der Waals surface area contributed by atoms with Crippen molar-refractivity contribution in [3.8, 4) is 11.1 Å². The number of nitrogens with two attached hydrogens (primary N) is 1. The fraction of sp³-hybridized carbons (Fsp3) is 0.250. The maximum Gasteiger partial charge on any atom is 0.0317 e. The number of hydrogen-bond acceptors (Lipinski definition) is 1. The highest BCUT2D eigenvalue weighted by molar-refractivity contribution is 5.70. The Morgan fingerprint density at radius 1 is 1.00 bits per heavy atom. The van der Waals surface area contributed by atoms with E-state index in [1.165, 1.54) is 22.3 Å². The molecule has 0 radical (unpaired) electrons. The summed E-state index contributed by atoms with van der Waals surface area (Å²) in [4.78, 5) is 0. The van der Waals surface area contributed by atoms with E-state index in [1.807, 2.05) is 12.1 Å². The normalized spacial score (nSPS) is 10.8. The van der Waals surface area contributed by atoms with Crippen LogP contribution in [-0.2, 0) is 0 Å². The zero-order valence-electron chi connectivity index (χ0n) is 10.7. The van der Waals surface area contributed by atoms with Crippen LogP contribution in [0.15, 0.2) is 42.5 Å². The van der Waals surface area contributed by atoms with Gasteiger partial charge >= 0.3 is 0 Å². The minimum atomic E-state index is 0.559. The monoisotopic (exact) mass is 225 g/mol. The van der Waals surface area contributed by atoms with Crippen molar-refractivity contribution in [3.05, 3.63) is 53.6 Å². The molecule has 0 spiro atoms. The highest BCUT2D eigenvalue weighted by Crippen LogP contribution is 2.27. The zero-order chi connectivity index (χ0) is 12.4. The molecule has 0 aromatic heterocycles. The molecule has 88 valence electrons. The molecule has 0 saturated heterocycles. The Hall–Kier alpha value is -1.76. The Labute approximate surface area is 103 Å². The summed E-state index contributed by atoms with van der Waals surface area (Å²) in [6.07, 6.45) is 0. The number of nitrogen functional groups attached to an aromatic ring is 1. The minimum Gasteiger partial charge on any atom is -0.399 e. The quantitative estimate of drug-likeness (QED) is 0.755. The average Bonchev–Trinajstić information content (AvgIpc) is 2.29. The van der Waals surface area contributed by atoms with E-state index in [-0.39, 0.29) is 0 Å². The molecule has 0 heterocycles. The van der Waals surface area contributed by atoms with E-state index in [0.717, 1.165) is 5.69 Å². The summed E-state index contributed by atoms with van der Waals surface area (Å²) >= 11 is 0. The van der Waals surface area contributed by atoms with Gasteiger partial charge in [-0.3, -0.25) is 0 Å². The molecule has 2 rings (SSSR count). The summed E-state index contributed by atoms with van der Waals surface area (Å²) in [5.41, 5.74) is 11.7. The molecule has 2 aromatic carbocycles. The fourth-order valence-electron chi connectivity index (χ4n) is 2.08. The molecule has 0 aliphatic rings. The smallest absolute Gasteiger partial charge is 0.0317 e. The van der Waals surface area contributed by atoms with Crippen LogP contribution in [0.2, 0.25) is 0 Å². The SMILES string of the molecule is Cc1cc(N)ccc1-c1cccc(C(C)C)c1. The van der Waals surface area contributed by atoms with E-state index in [2.05, 4.69) is 51.1 Å². The van der Waals surface area contributed by atoms with Gasteiger partial charge in [-0.15, -0.1) is 0 Å². The first-order chi connectivity index (χ1) is 8.08. The number of rotatable bonds is 2. The molecular weight excluding hydrogens is 206 g/mol. The predicted octanol–water partition coefficient (Wildman–Crippen LogP) is 4.37. The van der Waals surface area contributed by atoms with Crippen LogP contribution in [0.4, 0.5) is 5.69 Å². The molecule has 17 heavy (non-hydrogen) atoms. The van der Waals surface area contributed by atoms with Crippen LogP contribution in [0.25, 0.3) is 11.1 Å². The summed E-state index contributed by atoms with van der Waals surface area (Å²) in [5.74, 6) is 0.559. The topological polar surface area (TPSA) is 26.0 Å². The van der Waals surface area contributed by atoms with Crippen molar-refractivity contribution in [2.45, 2.75) is 26.7 Å². The van der Waals surface area contributed by atoms with Crippen molar-refractivity contribution >= 4 is 5.69 Å². The Bertz CT molecular complexity index is 527. The first-order valence-electron chi connectivity index (χ1n) is 6.04. The van der Waals surface area contributed by atoms with Gasteiger partial charge in [0.05, 0.1) is 0 Å². The fourth-order valence-corrected chi connectivity index (χ4v) is 2.08. The Morgan fingerprint density at radius 3 is 2.41 bits per heavy atom. The first kappa shape index (κ1) is 11.7. The lowest BCUT2D eigenvalue weighted by Crippen LogP contribution is -1.91. The van der Waals surface area contributed by atoms with Crippen LogP contribution in [0.3, 0.4) is 0 Å². The lowest BCUT2D eigenvalue weighted by molar-refractivity contribution is 0.867. The molecule has 0 saturated carbocycles. The zero-order valence-corrected chi connectivity index (χ0v) is 10.7. The van der Waals surface area contributed by atoms with E-state index in [9.17, 15) is 0 Å². The lowest BCUT2D eigenvalue weighted by Gasteiger charge is -2.10. The average molecular weight is 225 g/mol. The van der Waals surface area contributed by atoms with E-state index < -0.39 is 0 Å². The highest BCUT2D eigenvalue weighted by Gasteiger charge is 2.04. The second kappa shape index (κ2) is 4.62. The van der Waals surface area contributed by atoms with Gasteiger partial charge in [0.1, 0.15) is 0 Å². The third-order valence-corrected chi connectivity index (χ3v) is 3.11. The summed E-state index contributed by atoms with van der Waals surface area (Å²) in [5, 5.41) is 0. The number of benzene rings is 2. The van der Waals surface area contributed by atoms with Gasteiger partial charge in [-0.1, -0.05) is 44.2 Å². The number of hydrogen-bond donors (Lipinski definition) is 1. The molecule has 0 atom stereocenters. The summed E-state index contributed by atoms with van der Waals surface area (Å²) in [6.45, 7) is 6.54. The van der Waals surface area contributed by atoms with Gasteiger partial charge in [0, 0.05) is 5.69 Å². The van der Waals surface area contributed by atoms with Crippen molar-refractivity contribution in [3.63, 3.8) is 0 Å². The van der Waals surface area contributed by atoms with Crippen molar-refractivity contribution in [1.82, 2.24) is 0 Å². The van der Waals surface area contributed by atoms with Gasteiger partial charge in [0.2, 0.25) is 0 Å². The summed E-state index contributed by atoms with van der Waals surface area (Å²) in [6, 6.07) is 14.8. The molecule has 0 aliphatic heterocycles. The van der Waals surface area contributed by atoms with E-state index >= 15 is 0 Å². The number of anilines is 1. The van der Waals surface area contributed by atoms with Gasteiger partial charge in [-0.05, 0) is 47.2 Å². The largest absolute Gasteiger partial charge is 0.399 e. The molecule has 1 heteroatoms. The predicted molar refractivity (Wildman–Crippen MR) is 75.1 cm³/mol. The van der Waals surface area contributed by atoms with Gasteiger partial charge < -0.3 is 5.73 Å². The molecule has 0 fully saturated rings. The molecule has 0 bridgehead atoms. The molecule has 2 N–H and O–H groups in total. The van der Waals surface area contributed by atoms with Crippen LogP contribution in [0, 0.1) is 6.92 Å². The van der Waals surface area contributed by atoms with E-state index in [1.54, 1.807) is 0 Å². The third kappa shape index (κ3) is 2.50. The van der Waals surface area contributed by atoms with Crippen molar-refractivity contribution < 1.29 is 0 Å². The maximum absolute atomic E-state index is 5.78. The van der Waals surface area contributed by atoms with Gasteiger partial charge in [0.25, 0.3) is 0 Å². The van der Waals surface area contributed by atoms with E-state index in [0.29, 0.717) is 5.92 Å². The highest BCUT2D eigenvalue weighted by atomic mass is 14.5. The second-order valence-electron chi connectivity index (χ2n) is 4.85. The van der Waals surface area contributed by atoms with Crippen LogP contribution >= 0.6 is 0 Å².